The van der Waals surface area contributed by atoms with Gasteiger partial charge >= 0.3 is 0 Å². The molecule has 5 aromatic carbocycles. The van der Waals surface area contributed by atoms with E-state index in [0.717, 1.165) is 77.6 Å². The van der Waals surface area contributed by atoms with Gasteiger partial charge in [0.05, 0.1) is 39.7 Å². The Labute approximate surface area is 325 Å². The Morgan fingerprint density at radius 2 is 1.35 bits per heavy atom. The quantitative estimate of drug-likeness (QED) is 0.179. The van der Waals surface area contributed by atoms with E-state index in [-0.39, 0.29) is 16.2 Å². The first kappa shape index (κ1) is 34.5. The molecule has 10 rings (SSSR count). The largest absolute Gasteiger partial charge is 0.497 e. The van der Waals surface area contributed by atoms with E-state index in [1.165, 1.54) is 45.2 Å². The van der Waals surface area contributed by atoms with Crippen LogP contribution in [0, 0.1) is 10.8 Å². The molecule has 0 radical (unpaired) electrons. The number of morpholine rings is 1. The van der Waals surface area contributed by atoms with Gasteiger partial charge in [-0.25, -0.2) is 0 Å². The summed E-state index contributed by atoms with van der Waals surface area (Å²) in [5.41, 5.74) is 10.5. The van der Waals surface area contributed by atoms with Crippen molar-refractivity contribution in [2.75, 3.05) is 52.0 Å². The normalized spacial score (nSPS) is 20.6. The smallest absolute Gasteiger partial charge is 0.178 e. The van der Waals surface area contributed by atoms with Crippen molar-refractivity contribution in [3.05, 3.63) is 118 Å². The fraction of sp³-hybridized carbons (Fsp3) is 0.388. The van der Waals surface area contributed by atoms with Crippen molar-refractivity contribution in [1.29, 1.82) is 0 Å². The van der Waals surface area contributed by atoms with Crippen LogP contribution in [0.2, 0.25) is 0 Å². The van der Waals surface area contributed by atoms with Gasteiger partial charge in [-0.05, 0) is 88.8 Å². The summed E-state index contributed by atoms with van der Waals surface area (Å²) in [6.07, 6.45) is 8.91. The number of nitrogens with zero attached hydrogens (tertiary/aromatic N) is 1. The lowest BCUT2D eigenvalue weighted by Crippen LogP contribution is -2.44. The van der Waals surface area contributed by atoms with Crippen LogP contribution in [0.15, 0.2) is 84.9 Å². The Morgan fingerprint density at radius 3 is 1.98 bits per heavy atom. The van der Waals surface area contributed by atoms with Crippen molar-refractivity contribution in [2.24, 2.45) is 10.8 Å². The highest BCUT2D eigenvalue weighted by Gasteiger charge is 2.56. The van der Waals surface area contributed by atoms with E-state index >= 15 is 0 Å². The minimum absolute atomic E-state index is 0.138. The van der Waals surface area contributed by atoms with Crippen molar-refractivity contribution in [3.63, 3.8) is 0 Å². The highest BCUT2D eigenvalue weighted by molar-refractivity contribution is 6.12. The molecular weight excluding hydrogens is 683 g/mol. The summed E-state index contributed by atoms with van der Waals surface area (Å²) in [5.74, 6) is 3.60. The van der Waals surface area contributed by atoms with Crippen LogP contribution < -0.4 is 23.8 Å². The van der Waals surface area contributed by atoms with Crippen LogP contribution in [0.3, 0.4) is 0 Å². The van der Waals surface area contributed by atoms with E-state index in [4.69, 9.17) is 23.7 Å². The second kappa shape index (κ2) is 12.3. The van der Waals surface area contributed by atoms with Gasteiger partial charge in [-0.3, -0.25) is 0 Å². The first-order valence-electron chi connectivity index (χ1n) is 20.0. The summed E-state index contributed by atoms with van der Waals surface area (Å²) in [5, 5.41) is 2.44. The Bertz CT molecular complexity index is 2300. The van der Waals surface area contributed by atoms with Gasteiger partial charge in [0.25, 0.3) is 0 Å². The Balaban J connectivity index is 1.33. The molecular formula is C49H51NO5. The maximum Gasteiger partial charge on any atom is 0.178 e. The number of anilines is 1. The molecule has 1 saturated carbocycles. The van der Waals surface area contributed by atoms with Crippen LogP contribution in [0.1, 0.15) is 80.3 Å². The highest BCUT2D eigenvalue weighted by atomic mass is 16.5. The van der Waals surface area contributed by atoms with Gasteiger partial charge in [-0.1, -0.05) is 82.3 Å². The van der Waals surface area contributed by atoms with Crippen LogP contribution in [0.25, 0.3) is 28.0 Å². The molecule has 0 atom stereocenters. The van der Waals surface area contributed by atoms with Crippen LogP contribution in [-0.4, -0.2) is 47.1 Å². The standard InChI is InChI=1S/C49H51NO5/c1-46(2)28-47(3,4)30-48(29-46)39-10-8-7-9-35(39)42-41-36-20-24-54-45(36)40(50-22-25-53-26-23-50)27-38(41)44-37(43(42)48)19-21-49(55-44,31-11-15-33(51-5)16-12-31)32-13-17-34(52-6)18-14-32/h7-19,21,27H,20,22-26,28-30H2,1-6H3. The molecule has 0 aromatic heterocycles. The second-order valence-corrected chi connectivity index (χ2v) is 17.9. The van der Waals surface area contributed by atoms with Crippen LogP contribution in [0.5, 0.6) is 23.0 Å². The van der Waals surface area contributed by atoms with E-state index in [9.17, 15) is 0 Å². The first-order valence-corrected chi connectivity index (χ1v) is 20.0. The molecule has 0 bridgehead atoms. The van der Waals surface area contributed by atoms with Gasteiger partial charge in [-0.15, -0.1) is 0 Å². The SMILES string of the molecule is COc1ccc(C2(c3ccc(OC)cc3)C=Cc3c4c(c5c6c(c(N7CCOCC7)cc5c3O2)OCC6)-c2ccccc2C42CC(C)(C)CC(C)(C)C2)cc1. The third-order valence-corrected chi connectivity index (χ3v) is 13.1. The van der Waals surface area contributed by atoms with Gasteiger partial charge < -0.3 is 28.6 Å². The van der Waals surface area contributed by atoms with Crippen molar-refractivity contribution >= 4 is 22.5 Å². The monoisotopic (exact) mass is 733 g/mol. The van der Waals surface area contributed by atoms with E-state index in [1.807, 2.05) is 24.3 Å². The zero-order valence-electron chi connectivity index (χ0n) is 33.0. The third kappa shape index (κ3) is 5.16. The average molecular weight is 734 g/mol. The molecule has 6 nitrogen and oxygen atoms in total. The molecule has 1 saturated heterocycles. The molecule has 282 valence electrons. The topological polar surface area (TPSA) is 49.4 Å². The Hall–Kier alpha value is -4.94. The predicted octanol–water partition coefficient (Wildman–Crippen LogP) is 10.5. The fourth-order valence-corrected chi connectivity index (χ4v) is 11.7. The van der Waals surface area contributed by atoms with E-state index < -0.39 is 5.60 Å². The highest BCUT2D eigenvalue weighted by Crippen LogP contribution is 2.67. The maximum atomic E-state index is 7.86. The molecule has 0 unspecified atom stereocenters. The van der Waals surface area contributed by atoms with Crippen LogP contribution >= 0.6 is 0 Å². The fourth-order valence-electron chi connectivity index (χ4n) is 11.7. The lowest BCUT2D eigenvalue weighted by molar-refractivity contribution is 0.0642. The molecule has 5 aliphatic rings. The number of ether oxygens (including phenoxy) is 5. The predicted molar refractivity (Wildman–Crippen MR) is 220 cm³/mol. The minimum atomic E-state index is -0.912. The summed E-state index contributed by atoms with van der Waals surface area (Å²) < 4.78 is 31.6. The third-order valence-electron chi connectivity index (χ3n) is 13.1. The molecule has 1 spiro atoms. The number of hydrogen-bond acceptors (Lipinski definition) is 6. The number of benzene rings is 5. The summed E-state index contributed by atoms with van der Waals surface area (Å²) in [6.45, 7) is 13.7. The summed E-state index contributed by atoms with van der Waals surface area (Å²) in [6, 6.07) is 28.4. The molecule has 0 N–H and O–H groups in total. The molecule has 2 fully saturated rings. The lowest BCUT2D eigenvalue weighted by atomic mass is 9.52. The van der Waals surface area contributed by atoms with Crippen molar-refractivity contribution in [1.82, 2.24) is 0 Å². The Morgan fingerprint density at radius 1 is 0.709 bits per heavy atom. The minimum Gasteiger partial charge on any atom is -0.497 e. The van der Waals surface area contributed by atoms with E-state index in [2.05, 4.69) is 99.3 Å². The van der Waals surface area contributed by atoms with Gasteiger partial charge in [-0.2, -0.15) is 0 Å². The number of rotatable bonds is 5. The average Bonchev–Trinajstić information content (AvgIpc) is 3.78. The van der Waals surface area contributed by atoms with E-state index in [1.54, 1.807) is 14.2 Å². The van der Waals surface area contributed by atoms with Crippen LogP contribution in [0.4, 0.5) is 5.69 Å². The molecule has 3 aliphatic heterocycles. The van der Waals surface area contributed by atoms with Gasteiger partial charge in [0.1, 0.15) is 23.0 Å². The Kier molecular flexibility index (Phi) is 7.71. The van der Waals surface area contributed by atoms with Crippen LogP contribution in [-0.2, 0) is 22.2 Å². The zero-order valence-corrected chi connectivity index (χ0v) is 33.0. The summed E-state index contributed by atoms with van der Waals surface area (Å²) >= 11 is 0. The zero-order chi connectivity index (χ0) is 37.7. The maximum absolute atomic E-state index is 7.86. The van der Waals surface area contributed by atoms with Crippen molar-refractivity contribution < 1.29 is 23.7 Å². The number of fused-ring (bicyclic) bond motifs is 12. The molecule has 55 heavy (non-hydrogen) atoms. The summed E-state index contributed by atoms with van der Waals surface area (Å²) in [7, 11) is 3.42. The van der Waals surface area contributed by atoms with Gasteiger partial charge in [0.15, 0.2) is 5.60 Å². The summed E-state index contributed by atoms with van der Waals surface area (Å²) in [4.78, 5) is 2.45. The first-order chi connectivity index (χ1) is 26.6. The van der Waals surface area contributed by atoms with Gasteiger partial charge in [0.2, 0.25) is 0 Å². The van der Waals surface area contributed by atoms with Gasteiger partial charge in [0, 0.05) is 58.0 Å². The molecule has 2 aliphatic carbocycles. The van der Waals surface area contributed by atoms with E-state index in [0.29, 0.717) is 19.8 Å². The van der Waals surface area contributed by atoms with Crippen molar-refractivity contribution in [2.45, 2.75) is 64.4 Å². The number of methoxy groups -OCH3 is 2. The molecule has 5 aromatic rings. The molecule has 6 heteroatoms. The molecule has 0 amide bonds. The lowest BCUT2D eigenvalue weighted by Gasteiger charge is -2.52. The molecule has 3 heterocycles. The second-order valence-electron chi connectivity index (χ2n) is 17.9. The number of hydrogen-bond donors (Lipinski definition) is 0. The van der Waals surface area contributed by atoms with Crippen molar-refractivity contribution in [3.8, 4) is 34.1 Å².